The van der Waals surface area contributed by atoms with Crippen LogP contribution in [0.1, 0.15) is 22.8 Å². The Morgan fingerprint density at radius 2 is 1.76 bits per heavy atom. The molecule has 0 aliphatic rings. The summed E-state index contributed by atoms with van der Waals surface area (Å²) in [6, 6.07) is 17.0. The maximum atomic E-state index is 13.3. The van der Waals surface area contributed by atoms with Gasteiger partial charge in [-0.1, -0.05) is 30.0 Å². The molecule has 0 aliphatic carbocycles. The van der Waals surface area contributed by atoms with Crippen molar-refractivity contribution in [2.75, 3.05) is 14.2 Å². The van der Waals surface area contributed by atoms with Gasteiger partial charge in [0.15, 0.2) is 16.8 Å². The minimum Gasteiger partial charge on any atom is -0.497 e. The topological polar surface area (TPSA) is 79.1 Å². The number of carbonyl (C=O) groups is 1. The second-order valence-electron chi connectivity index (χ2n) is 7.35. The monoisotopic (exact) mass is 460 g/mol. The van der Waals surface area contributed by atoms with Gasteiger partial charge in [0.25, 0.3) is 0 Å². The summed E-state index contributed by atoms with van der Waals surface area (Å²) in [5, 5.41) is 9.11. The van der Waals surface area contributed by atoms with Crippen molar-refractivity contribution in [3.8, 4) is 28.6 Å². The third kappa shape index (κ3) is 4.61. The van der Waals surface area contributed by atoms with E-state index >= 15 is 0 Å². The minimum absolute atomic E-state index is 0.0655. The number of aromatic nitrogens is 4. The van der Waals surface area contributed by atoms with Crippen LogP contribution in [0.5, 0.6) is 11.5 Å². The maximum absolute atomic E-state index is 13.3. The van der Waals surface area contributed by atoms with Crippen LogP contribution < -0.4 is 9.47 Å². The van der Waals surface area contributed by atoms with Gasteiger partial charge in [-0.3, -0.25) is 14.3 Å². The van der Waals surface area contributed by atoms with Crippen molar-refractivity contribution >= 4 is 17.5 Å². The van der Waals surface area contributed by atoms with E-state index in [4.69, 9.17) is 9.47 Å². The number of Topliss-reactive ketones (excluding diaryl/α,β-unsaturated/α-hetero) is 1. The standard InChI is InChI=1S/C25H24N4O3S/c1-16-7-5-6-8-21(16)29-24(18-11-13-26-14-12-18)27-28-25(29)33-17(2)23(30)20-10-9-19(31-3)15-22(20)32-4/h5-15,17H,1-4H3/t17-/m1/s1. The van der Waals surface area contributed by atoms with Gasteiger partial charge in [-0.15, -0.1) is 10.2 Å². The Bertz CT molecular complexity index is 1270. The molecule has 0 amide bonds. The van der Waals surface area contributed by atoms with Gasteiger partial charge < -0.3 is 9.47 Å². The van der Waals surface area contributed by atoms with Crippen molar-refractivity contribution in [3.63, 3.8) is 0 Å². The Labute approximate surface area is 196 Å². The van der Waals surface area contributed by atoms with Crippen molar-refractivity contribution in [1.29, 1.82) is 0 Å². The van der Waals surface area contributed by atoms with Gasteiger partial charge >= 0.3 is 0 Å². The van der Waals surface area contributed by atoms with Crippen molar-refractivity contribution in [1.82, 2.24) is 19.7 Å². The second-order valence-corrected chi connectivity index (χ2v) is 8.66. The number of aryl methyl sites for hydroxylation is 1. The number of ketones is 1. The molecule has 0 radical (unpaired) electrons. The Balaban J connectivity index is 1.72. The van der Waals surface area contributed by atoms with E-state index in [0.29, 0.717) is 28.0 Å². The van der Waals surface area contributed by atoms with Crippen molar-refractivity contribution < 1.29 is 14.3 Å². The molecule has 2 aromatic carbocycles. The lowest BCUT2D eigenvalue weighted by Crippen LogP contribution is -2.16. The van der Waals surface area contributed by atoms with Gasteiger partial charge in [0.05, 0.1) is 30.7 Å². The smallest absolute Gasteiger partial charge is 0.196 e. The van der Waals surface area contributed by atoms with E-state index in [9.17, 15) is 4.79 Å². The van der Waals surface area contributed by atoms with E-state index in [1.54, 1.807) is 44.8 Å². The molecule has 1 atom stereocenters. The number of nitrogens with zero attached hydrogens (tertiary/aromatic N) is 4. The van der Waals surface area contributed by atoms with Crippen LogP contribution in [0.4, 0.5) is 0 Å². The van der Waals surface area contributed by atoms with Crippen LogP contribution in [0.15, 0.2) is 72.1 Å². The molecule has 168 valence electrons. The summed E-state index contributed by atoms with van der Waals surface area (Å²) in [5.41, 5.74) is 3.42. The fourth-order valence-electron chi connectivity index (χ4n) is 3.50. The lowest BCUT2D eigenvalue weighted by molar-refractivity contribution is 0.0991. The van der Waals surface area contributed by atoms with Gasteiger partial charge in [0.2, 0.25) is 0 Å². The highest BCUT2D eigenvalue weighted by Crippen LogP contribution is 2.34. The molecule has 4 rings (SSSR count). The average Bonchev–Trinajstić information content (AvgIpc) is 3.27. The molecule has 8 heteroatoms. The number of ether oxygens (including phenoxy) is 2. The first-order valence-electron chi connectivity index (χ1n) is 10.4. The first-order chi connectivity index (χ1) is 16.0. The molecule has 2 heterocycles. The number of benzene rings is 2. The lowest BCUT2D eigenvalue weighted by atomic mass is 10.1. The van der Waals surface area contributed by atoms with E-state index in [0.717, 1.165) is 16.8 Å². The number of rotatable bonds is 8. The predicted molar refractivity (Wildman–Crippen MR) is 129 cm³/mol. The van der Waals surface area contributed by atoms with E-state index < -0.39 is 5.25 Å². The zero-order chi connectivity index (χ0) is 23.4. The quantitative estimate of drug-likeness (QED) is 0.270. The maximum Gasteiger partial charge on any atom is 0.196 e. The van der Waals surface area contributed by atoms with E-state index in [1.165, 1.54) is 11.8 Å². The Hall–Kier alpha value is -3.65. The van der Waals surface area contributed by atoms with Crippen molar-refractivity contribution in [2.45, 2.75) is 24.3 Å². The Morgan fingerprint density at radius 3 is 2.45 bits per heavy atom. The molecule has 0 bridgehead atoms. The number of carbonyl (C=O) groups excluding carboxylic acids is 1. The van der Waals surface area contributed by atoms with Gasteiger partial charge in [-0.25, -0.2) is 0 Å². The number of methoxy groups -OCH3 is 2. The van der Waals surface area contributed by atoms with E-state index in [2.05, 4.69) is 15.2 Å². The fourth-order valence-corrected chi connectivity index (χ4v) is 4.43. The molecule has 7 nitrogen and oxygen atoms in total. The lowest BCUT2D eigenvalue weighted by Gasteiger charge is -2.16. The fraction of sp³-hybridized carbons (Fsp3) is 0.200. The van der Waals surface area contributed by atoms with Crippen molar-refractivity contribution in [2.24, 2.45) is 0 Å². The first-order valence-corrected chi connectivity index (χ1v) is 11.3. The molecule has 0 aliphatic heterocycles. The van der Waals surface area contributed by atoms with Gasteiger partial charge in [0, 0.05) is 24.0 Å². The number of hydrogen-bond acceptors (Lipinski definition) is 7. The number of pyridine rings is 1. The highest BCUT2D eigenvalue weighted by molar-refractivity contribution is 8.00. The van der Waals surface area contributed by atoms with E-state index in [-0.39, 0.29) is 5.78 Å². The molecule has 33 heavy (non-hydrogen) atoms. The largest absolute Gasteiger partial charge is 0.497 e. The summed E-state index contributed by atoms with van der Waals surface area (Å²) in [6.45, 7) is 3.90. The van der Waals surface area contributed by atoms with Crippen LogP contribution in [0.2, 0.25) is 0 Å². The highest BCUT2D eigenvalue weighted by Gasteiger charge is 2.25. The Morgan fingerprint density at radius 1 is 1.00 bits per heavy atom. The normalized spacial score (nSPS) is 11.8. The summed E-state index contributed by atoms with van der Waals surface area (Å²) in [7, 11) is 3.12. The van der Waals surface area contributed by atoms with Gasteiger partial charge in [0.1, 0.15) is 11.5 Å². The predicted octanol–water partition coefficient (Wildman–Crippen LogP) is 5.02. The molecular weight excluding hydrogens is 436 g/mol. The molecule has 0 spiro atoms. The molecule has 0 fully saturated rings. The SMILES string of the molecule is COc1ccc(C(=O)[C@@H](C)Sc2nnc(-c3ccncc3)n2-c2ccccc2C)c(OC)c1. The minimum atomic E-state index is -0.426. The Kier molecular flexibility index (Phi) is 6.74. The summed E-state index contributed by atoms with van der Waals surface area (Å²) < 4.78 is 12.7. The molecule has 0 saturated carbocycles. The van der Waals surface area contributed by atoms with Crippen LogP contribution in [-0.2, 0) is 0 Å². The van der Waals surface area contributed by atoms with Crippen LogP contribution in [0.3, 0.4) is 0 Å². The summed E-state index contributed by atoms with van der Waals surface area (Å²) >= 11 is 1.36. The summed E-state index contributed by atoms with van der Waals surface area (Å²) in [4.78, 5) is 17.4. The number of thioether (sulfide) groups is 1. The van der Waals surface area contributed by atoms with Gasteiger partial charge in [-0.2, -0.15) is 0 Å². The van der Waals surface area contributed by atoms with Crippen LogP contribution in [0.25, 0.3) is 17.1 Å². The molecular formula is C25H24N4O3S. The first kappa shape index (κ1) is 22.5. The van der Waals surface area contributed by atoms with Crippen LogP contribution in [0, 0.1) is 6.92 Å². The third-order valence-electron chi connectivity index (χ3n) is 5.25. The average molecular weight is 461 g/mol. The zero-order valence-electron chi connectivity index (χ0n) is 18.9. The zero-order valence-corrected chi connectivity index (χ0v) is 19.7. The second kappa shape index (κ2) is 9.87. The highest BCUT2D eigenvalue weighted by atomic mass is 32.2. The molecule has 0 unspecified atom stereocenters. The third-order valence-corrected chi connectivity index (χ3v) is 6.30. The summed E-state index contributed by atoms with van der Waals surface area (Å²) in [6.07, 6.45) is 3.45. The molecule has 2 aromatic heterocycles. The van der Waals surface area contributed by atoms with E-state index in [1.807, 2.05) is 54.8 Å². The summed E-state index contributed by atoms with van der Waals surface area (Å²) in [5.74, 6) is 1.73. The van der Waals surface area contributed by atoms with Gasteiger partial charge in [-0.05, 0) is 49.7 Å². The molecule has 4 aromatic rings. The molecule has 0 N–H and O–H groups in total. The number of hydrogen-bond donors (Lipinski definition) is 0. The van der Waals surface area contributed by atoms with Crippen LogP contribution >= 0.6 is 11.8 Å². The number of para-hydroxylation sites is 1. The molecule has 0 saturated heterocycles. The van der Waals surface area contributed by atoms with Crippen LogP contribution in [-0.4, -0.2) is 45.0 Å². The van der Waals surface area contributed by atoms with Crippen molar-refractivity contribution in [3.05, 3.63) is 78.1 Å².